The Morgan fingerprint density at radius 1 is 0.790 bits per heavy atom. The summed E-state index contributed by atoms with van der Waals surface area (Å²) in [5.74, 6) is -1.25. The third-order valence-electron chi connectivity index (χ3n) is 13.6. The number of nitrogens with zero attached hydrogens (tertiary/aromatic N) is 4. The van der Waals surface area contributed by atoms with E-state index in [0.717, 1.165) is 50.4 Å². The van der Waals surface area contributed by atoms with Gasteiger partial charge in [-0.2, -0.15) is 0 Å². The molecule has 2 aliphatic rings. The Morgan fingerprint density at radius 2 is 1.35 bits per heavy atom. The number of anilines is 1. The first-order valence-electron chi connectivity index (χ1n) is 26.0. The molecule has 0 bridgehead atoms. The van der Waals surface area contributed by atoms with Crippen molar-refractivity contribution in [2.24, 2.45) is 5.16 Å². The van der Waals surface area contributed by atoms with Crippen molar-refractivity contribution in [1.29, 1.82) is 0 Å². The molecule has 8 aromatic rings. The third-order valence-corrected chi connectivity index (χ3v) is 16.8. The molecule has 1 saturated heterocycles. The molecule has 0 spiro atoms. The summed E-state index contributed by atoms with van der Waals surface area (Å²) in [6, 6.07) is 58.9. The lowest BCUT2D eigenvalue weighted by atomic mass is 9.77. The number of halogens is 1. The van der Waals surface area contributed by atoms with E-state index >= 15 is 0 Å². The highest BCUT2D eigenvalue weighted by molar-refractivity contribution is 8.01. The van der Waals surface area contributed by atoms with Crippen molar-refractivity contribution in [1.82, 2.24) is 15.2 Å². The maximum absolute atomic E-state index is 15.0. The van der Waals surface area contributed by atoms with Crippen molar-refractivity contribution < 1.29 is 55.2 Å². The molecule has 4 heterocycles. The number of carbonyl (C=O) groups is 4. The monoisotopic (exact) mass is 1160 g/mol. The van der Waals surface area contributed by atoms with Crippen LogP contribution in [0.5, 0.6) is 5.75 Å². The molecule has 3 atom stereocenters. The number of thiazole rings is 1. The van der Waals surface area contributed by atoms with Crippen LogP contribution in [0, 0.1) is 0 Å². The van der Waals surface area contributed by atoms with Crippen LogP contribution in [-0.4, -0.2) is 75.5 Å². The number of hydrogen-bond donors (Lipinski definition) is 2. The third kappa shape index (κ3) is 13.0. The van der Waals surface area contributed by atoms with Crippen LogP contribution in [0.4, 0.5) is 5.13 Å². The van der Waals surface area contributed by atoms with Crippen molar-refractivity contribution in [2.45, 2.75) is 61.1 Å². The van der Waals surface area contributed by atoms with Gasteiger partial charge in [0, 0.05) is 33.9 Å². The van der Waals surface area contributed by atoms with Crippen LogP contribution in [-0.2, 0) is 52.2 Å². The highest BCUT2D eigenvalue weighted by Gasteiger charge is 2.55. The number of esters is 2. The smallest absolute Gasteiger partial charge is 0.355 e. The van der Waals surface area contributed by atoms with Gasteiger partial charge >= 0.3 is 11.9 Å². The first kappa shape index (κ1) is 57.5. The van der Waals surface area contributed by atoms with E-state index in [2.05, 4.69) is 27.3 Å². The molecule has 14 nitrogen and oxygen atoms in total. The van der Waals surface area contributed by atoms with Crippen molar-refractivity contribution in [3.05, 3.63) is 256 Å². The zero-order valence-electron chi connectivity index (χ0n) is 44.4. The SMILES string of the molecule is CC[n+]1ccc(SCC2=C(C(=O)OCc3ccc(OC)cc3)N3C(=O)[C@@H](NC(=O)/C(=N\O[C@@H](C)C(=O)OC(c4ccccc4)c4ccccc4)c4csc(NC(c5ccccc5)(c5ccccc5)c5ccccc5)n4)[C@H]3SC2)cc1.[Cl-]. The average molecular weight is 1160 g/mol. The predicted octanol–water partition coefficient (Wildman–Crippen LogP) is 7.50. The van der Waals surface area contributed by atoms with Gasteiger partial charge in [0.2, 0.25) is 6.10 Å². The standard InChI is InChI=1S/C63H56N6O8S3.ClH/c1-4-68-36-34-51(35-37-68)78-39-46-40-79-59-54(58(71)69(59)55(46)61(73)75-38-43-30-32-50(74-3)33-31-43)65-57(70)53(67-77-42(2)60(72)76-56(44-20-10-5-11-21-44)45-22-12-6-13-23-45)52-41-80-62(64-52)66-63(47-24-14-7-15-25-47,48-26-16-8-17-27-48)49-28-18-9-19-29-49;/h5-37,41-42,54,56,59H,4,38-40H2,1-3H3,(H-,64,65,66,70);1H/b67-53-;/t42-,54+,59+;/m0./s1. The molecule has 0 unspecified atom stereocenters. The van der Waals surface area contributed by atoms with E-state index in [1.165, 1.54) is 34.9 Å². The number of aryl methyl sites for hydroxylation is 1. The van der Waals surface area contributed by atoms with Crippen molar-refractivity contribution in [3.63, 3.8) is 0 Å². The number of methoxy groups -OCH3 is 1. The number of hydrogen-bond acceptors (Lipinski definition) is 14. The van der Waals surface area contributed by atoms with E-state index in [-0.39, 0.29) is 36.1 Å². The number of ether oxygens (including phenoxy) is 3. The fourth-order valence-electron chi connectivity index (χ4n) is 9.41. The van der Waals surface area contributed by atoms with Gasteiger partial charge in [-0.05, 0) is 64.9 Å². The molecule has 2 aromatic heterocycles. The Kier molecular flexibility index (Phi) is 19.0. The van der Waals surface area contributed by atoms with Crippen LogP contribution in [0.2, 0.25) is 0 Å². The number of benzene rings is 6. The second-order valence-electron chi connectivity index (χ2n) is 18.7. The maximum atomic E-state index is 15.0. The molecular weight excluding hydrogens is 1100 g/mol. The van der Waals surface area contributed by atoms with Gasteiger partial charge in [0.25, 0.3) is 11.8 Å². The maximum Gasteiger partial charge on any atom is 0.355 e. The fourth-order valence-corrected chi connectivity index (χ4v) is 12.5. The van der Waals surface area contributed by atoms with E-state index < -0.39 is 52.9 Å². The Balaban J connectivity index is 0.00000792. The summed E-state index contributed by atoms with van der Waals surface area (Å²) in [4.78, 5) is 71.1. The number of fused-ring (bicyclic) bond motifs is 1. The quantitative estimate of drug-likeness (QED) is 0.0131. The normalized spacial score (nSPS) is 15.3. The summed E-state index contributed by atoms with van der Waals surface area (Å²) in [5.41, 5.74) is 4.75. The lowest BCUT2D eigenvalue weighted by molar-refractivity contribution is -0.693. The van der Waals surface area contributed by atoms with Crippen LogP contribution in [0.3, 0.4) is 0 Å². The number of nitrogens with one attached hydrogen (secondary N) is 2. The zero-order chi connectivity index (χ0) is 55.4. The molecule has 0 aliphatic carbocycles. The molecule has 10 rings (SSSR count). The molecule has 6 aromatic carbocycles. The van der Waals surface area contributed by atoms with Gasteiger partial charge in [-0.3, -0.25) is 14.5 Å². The van der Waals surface area contributed by atoms with Crippen molar-refractivity contribution >= 4 is 69.5 Å². The van der Waals surface area contributed by atoms with Gasteiger partial charge in [-0.1, -0.05) is 169 Å². The number of pyridine rings is 1. The van der Waals surface area contributed by atoms with Gasteiger partial charge in [-0.25, -0.2) is 19.1 Å². The molecule has 1 fully saturated rings. The van der Waals surface area contributed by atoms with Gasteiger partial charge < -0.3 is 42.1 Å². The van der Waals surface area contributed by atoms with Gasteiger partial charge in [0.1, 0.15) is 47.2 Å². The number of aromatic nitrogens is 2. The number of β-lactam (4-membered cyclic amide) rings is 1. The molecule has 0 radical (unpaired) electrons. The largest absolute Gasteiger partial charge is 1.00 e. The minimum Gasteiger partial charge on any atom is -1.00 e. The summed E-state index contributed by atoms with van der Waals surface area (Å²) in [6.45, 7) is 4.34. The van der Waals surface area contributed by atoms with Crippen LogP contribution in [0.25, 0.3) is 0 Å². The second-order valence-corrected chi connectivity index (χ2v) is 21.7. The molecular formula is C63H57ClN6O8S3. The molecule has 0 saturated carbocycles. The molecule has 2 amide bonds. The first-order chi connectivity index (χ1) is 39.1. The Bertz CT molecular complexity index is 3350. The van der Waals surface area contributed by atoms with Crippen LogP contribution in [0.1, 0.15) is 59.0 Å². The zero-order valence-corrected chi connectivity index (χ0v) is 47.6. The predicted molar refractivity (Wildman–Crippen MR) is 311 cm³/mol. The second kappa shape index (κ2) is 26.8. The molecule has 81 heavy (non-hydrogen) atoms. The van der Waals surface area contributed by atoms with E-state index in [9.17, 15) is 19.2 Å². The first-order valence-corrected chi connectivity index (χ1v) is 28.9. The summed E-state index contributed by atoms with van der Waals surface area (Å²) in [5, 5.41) is 12.5. The molecule has 18 heteroatoms. The van der Waals surface area contributed by atoms with Crippen molar-refractivity contribution in [2.75, 3.05) is 23.9 Å². The topological polar surface area (TPSA) is 162 Å². The minimum atomic E-state index is -1.31. The van der Waals surface area contributed by atoms with Crippen LogP contribution >= 0.6 is 34.9 Å². The average Bonchev–Trinajstić information content (AvgIpc) is 3.85. The highest BCUT2D eigenvalue weighted by Crippen LogP contribution is 2.43. The molecule has 2 N–H and O–H groups in total. The van der Waals surface area contributed by atoms with Crippen LogP contribution in [0.15, 0.2) is 227 Å². The van der Waals surface area contributed by atoms with Crippen molar-refractivity contribution in [3.8, 4) is 5.75 Å². The highest BCUT2D eigenvalue weighted by atomic mass is 35.5. The number of oxime groups is 1. The number of amides is 2. The number of carbonyl (C=O) groups excluding carboxylic acids is 4. The van der Waals surface area contributed by atoms with E-state index in [1.54, 1.807) is 48.5 Å². The Morgan fingerprint density at radius 3 is 1.89 bits per heavy atom. The Labute approximate surface area is 489 Å². The van der Waals surface area contributed by atoms with Gasteiger partial charge in [0.05, 0.1) is 7.11 Å². The Hall–Kier alpha value is -8.22. The summed E-state index contributed by atoms with van der Waals surface area (Å²) < 4.78 is 19.4. The van der Waals surface area contributed by atoms with Gasteiger partial charge in [0.15, 0.2) is 29.3 Å². The summed E-state index contributed by atoms with van der Waals surface area (Å²) in [6.07, 6.45) is 1.92. The fraction of sp³-hybridized carbons (Fsp3) is 0.190. The summed E-state index contributed by atoms with van der Waals surface area (Å²) >= 11 is 4.22. The molecule has 412 valence electrons. The molecule has 2 aliphatic heterocycles. The van der Waals surface area contributed by atoms with Crippen LogP contribution < -0.4 is 32.3 Å². The van der Waals surface area contributed by atoms with E-state index in [1.807, 2.05) is 176 Å². The van der Waals surface area contributed by atoms with Gasteiger partial charge in [-0.15, -0.1) is 34.9 Å². The van der Waals surface area contributed by atoms with E-state index in [0.29, 0.717) is 22.4 Å². The minimum absolute atomic E-state index is 0. The van der Waals surface area contributed by atoms with E-state index in [4.69, 9.17) is 24.0 Å². The summed E-state index contributed by atoms with van der Waals surface area (Å²) in [7, 11) is 1.58. The number of rotatable bonds is 22. The number of thioether (sulfide) groups is 2. The lowest BCUT2D eigenvalue weighted by Gasteiger charge is -2.49. The lowest BCUT2D eigenvalue weighted by Crippen LogP contribution is -3.00.